The lowest BCUT2D eigenvalue weighted by Gasteiger charge is -2.37. The van der Waals surface area contributed by atoms with E-state index in [4.69, 9.17) is 9.47 Å². The molecule has 1 atom stereocenters. The van der Waals surface area contributed by atoms with Gasteiger partial charge in [-0.05, 0) is 78.0 Å². The lowest BCUT2D eigenvalue weighted by molar-refractivity contribution is -0.140. The third-order valence-corrected chi connectivity index (χ3v) is 12.3. The number of carbonyl (C=O) groups is 4. The van der Waals surface area contributed by atoms with Crippen LogP contribution in [0.1, 0.15) is 138 Å². The van der Waals surface area contributed by atoms with Crippen LogP contribution in [0.15, 0.2) is 90.2 Å². The summed E-state index contributed by atoms with van der Waals surface area (Å²) in [6, 6.07) is 11.2. The predicted molar refractivity (Wildman–Crippen MR) is 244 cm³/mol. The average Bonchev–Trinajstić information content (AvgIpc) is 3.73. The van der Waals surface area contributed by atoms with Gasteiger partial charge in [-0.25, -0.2) is 14.6 Å². The number of hydrogen-bond acceptors (Lipinski definition) is 8. The molecule has 2 aromatic carbocycles. The summed E-state index contributed by atoms with van der Waals surface area (Å²) >= 11 is 0. The Hall–Kier alpha value is -5.25. The number of amides is 2. The minimum absolute atomic E-state index is 0.00886. The van der Waals surface area contributed by atoms with Gasteiger partial charge in [0.1, 0.15) is 0 Å². The minimum atomic E-state index is -1.27. The minimum Gasteiger partial charge on any atom is -0.466 e. The van der Waals surface area contributed by atoms with Crippen molar-refractivity contribution >= 4 is 30.0 Å². The Morgan fingerprint density at radius 3 is 1.54 bits per heavy atom. The molecular formula is C51H68N4O6. The molecule has 328 valence electrons. The molecule has 0 aromatic heterocycles. The number of carbonyl (C=O) groups excluding carboxylic acids is 4. The first-order valence-electron chi connectivity index (χ1n) is 22.8. The van der Waals surface area contributed by atoms with Crippen molar-refractivity contribution in [1.82, 2.24) is 15.6 Å². The fraction of sp³-hybridized carbons (Fsp3) is 0.510. The van der Waals surface area contributed by atoms with Gasteiger partial charge in [-0.3, -0.25) is 9.59 Å². The molecular weight excluding hydrogens is 765 g/mol. The molecule has 2 heterocycles. The Morgan fingerprint density at radius 1 is 0.656 bits per heavy atom. The molecule has 2 amide bonds. The number of methoxy groups -OCH3 is 2. The van der Waals surface area contributed by atoms with E-state index in [1.807, 2.05) is 54.6 Å². The van der Waals surface area contributed by atoms with Crippen molar-refractivity contribution in [3.63, 3.8) is 0 Å². The van der Waals surface area contributed by atoms with E-state index in [0.717, 1.165) is 84.7 Å². The smallest absolute Gasteiger partial charge is 0.356 e. The van der Waals surface area contributed by atoms with Crippen molar-refractivity contribution in [3.05, 3.63) is 107 Å². The van der Waals surface area contributed by atoms with E-state index >= 15 is 0 Å². The van der Waals surface area contributed by atoms with Gasteiger partial charge in [0, 0.05) is 19.3 Å². The Morgan fingerprint density at radius 2 is 1.10 bits per heavy atom. The topological polar surface area (TPSA) is 126 Å². The van der Waals surface area contributed by atoms with Crippen LogP contribution in [-0.4, -0.2) is 68.3 Å². The van der Waals surface area contributed by atoms with Crippen LogP contribution in [0.2, 0.25) is 0 Å². The first-order valence-corrected chi connectivity index (χ1v) is 22.8. The molecule has 0 saturated heterocycles. The highest BCUT2D eigenvalue weighted by Crippen LogP contribution is 2.61. The quantitative estimate of drug-likeness (QED) is 0.0497. The Balaban J connectivity index is 1.32. The van der Waals surface area contributed by atoms with Crippen molar-refractivity contribution in [1.29, 1.82) is 0 Å². The summed E-state index contributed by atoms with van der Waals surface area (Å²) in [5.74, 6) is -1.57. The first kappa shape index (κ1) is 46.8. The molecule has 2 N–H and O–H groups in total. The van der Waals surface area contributed by atoms with E-state index in [-0.39, 0.29) is 35.9 Å². The summed E-state index contributed by atoms with van der Waals surface area (Å²) in [4.78, 5) is 54.4. The average molecular weight is 833 g/mol. The van der Waals surface area contributed by atoms with Crippen LogP contribution in [0.4, 0.5) is 0 Å². The molecule has 61 heavy (non-hydrogen) atoms. The second-order valence-electron chi connectivity index (χ2n) is 16.6. The van der Waals surface area contributed by atoms with Gasteiger partial charge >= 0.3 is 11.9 Å². The molecule has 2 aromatic rings. The molecule has 10 heteroatoms. The third kappa shape index (κ3) is 11.8. The summed E-state index contributed by atoms with van der Waals surface area (Å²) in [6.45, 7) is 8.81. The highest BCUT2D eigenvalue weighted by molar-refractivity contribution is 6.07. The standard InChI is InChI=1S/C51H68N4O6/c1-5-7-9-11-13-15-17-19-21-23-31-52-45(56)36-38-27-29-40-41-30-28-39(37-46(57)53-32-24-22-20-18-16-14-12-10-8-6-2)35-43(41)51(42(40)34-38)44-26-25-33-54-55(44)48(50(59)61-4)47(51)49(58)60-3/h5-6,25-30,33-35,44H,1-2,7-24,31-32,36-37H2,3-4H3,(H,52,56)(H,53,57). The molecule has 0 fully saturated rings. The molecule has 0 bridgehead atoms. The van der Waals surface area contributed by atoms with Gasteiger partial charge in [0.25, 0.3) is 0 Å². The largest absolute Gasteiger partial charge is 0.466 e. The summed E-state index contributed by atoms with van der Waals surface area (Å²) in [7, 11) is 2.57. The van der Waals surface area contributed by atoms with Crippen LogP contribution in [0.5, 0.6) is 0 Å². The number of unbranched alkanes of at least 4 members (excludes halogenated alkanes) is 16. The van der Waals surface area contributed by atoms with Crippen LogP contribution in [0, 0.1) is 0 Å². The predicted octanol–water partition coefficient (Wildman–Crippen LogP) is 9.50. The fourth-order valence-corrected chi connectivity index (χ4v) is 9.20. The van der Waals surface area contributed by atoms with E-state index in [0.29, 0.717) is 13.1 Å². The van der Waals surface area contributed by atoms with E-state index in [2.05, 4.69) is 28.9 Å². The number of ether oxygens (including phenoxy) is 2. The number of allylic oxidation sites excluding steroid dienone is 3. The molecule has 5 rings (SSSR count). The fourth-order valence-electron chi connectivity index (χ4n) is 9.20. The SMILES string of the molecule is C=CCCCCCCCCCCNC(=O)Cc1ccc2c(c1)C1(C(C(=O)OC)=C(C(=O)OC)N3N=CC=CC31)c1cc(CC(=O)NCCCCCCCCCCC=C)ccc1-2. The van der Waals surface area contributed by atoms with Gasteiger partial charge in [0.05, 0.1) is 44.1 Å². The first-order chi connectivity index (χ1) is 29.8. The number of esters is 2. The molecule has 2 aliphatic heterocycles. The summed E-state index contributed by atoms with van der Waals surface area (Å²) < 4.78 is 10.7. The number of nitrogens with zero attached hydrogens (tertiary/aromatic N) is 2. The number of fused-ring (bicyclic) bond motifs is 7. The molecule has 1 unspecified atom stereocenters. The van der Waals surface area contributed by atoms with Gasteiger partial charge in [-0.1, -0.05) is 132 Å². The molecule has 1 spiro atoms. The molecule has 3 aliphatic rings. The molecule has 1 aliphatic carbocycles. The molecule has 10 nitrogen and oxygen atoms in total. The maximum absolute atomic E-state index is 14.1. The number of hydrazone groups is 1. The Labute approximate surface area is 364 Å². The van der Waals surface area contributed by atoms with Gasteiger partial charge in [0.2, 0.25) is 11.8 Å². The van der Waals surface area contributed by atoms with Gasteiger partial charge in [-0.15, -0.1) is 13.2 Å². The number of nitrogens with one attached hydrogen (secondary N) is 2. The number of rotatable bonds is 28. The highest BCUT2D eigenvalue weighted by atomic mass is 16.5. The van der Waals surface area contributed by atoms with E-state index in [1.54, 1.807) is 17.3 Å². The Kier molecular flexibility index (Phi) is 18.6. The van der Waals surface area contributed by atoms with Gasteiger partial charge in [0.15, 0.2) is 5.70 Å². The summed E-state index contributed by atoms with van der Waals surface area (Å²) in [6.07, 6.45) is 30.5. The zero-order chi connectivity index (χ0) is 43.5. The van der Waals surface area contributed by atoms with Crippen LogP contribution in [0.25, 0.3) is 11.1 Å². The van der Waals surface area contributed by atoms with Crippen LogP contribution in [-0.2, 0) is 46.9 Å². The van der Waals surface area contributed by atoms with Gasteiger partial charge < -0.3 is 20.1 Å². The van der Waals surface area contributed by atoms with Crippen LogP contribution < -0.4 is 10.6 Å². The zero-order valence-electron chi connectivity index (χ0n) is 36.7. The van der Waals surface area contributed by atoms with E-state index < -0.39 is 23.4 Å². The van der Waals surface area contributed by atoms with Crippen LogP contribution >= 0.6 is 0 Å². The highest BCUT2D eigenvalue weighted by Gasteiger charge is 2.63. The van der Waals surface area contributed by atoms with E-state index in [9.17, 15) is 19.2 Å². The van der Waals surface area contributed by atoms with Crippen LogP contribution in [0.3, 0.4) is 0 Å². The van der Waals surface area contributed by atoms with E-state index in [1.165, 1.54) is 78.4 Å². The summed E-state index contributed by atoms with van der Waals surface area (Å²) in [5, 5.41) is 12.3. The lowest BCUT2D eigenvalue weighted by atomic mass is 9.67. The molecule has 0 saturated carbocycles. The Bertz CT molecular complexity index is 1850. The zero-order valence-corrected chi connectivity index (χ0v) is 36.7. The lowest BCUT2D eigenvalue weighted by Crippen LogP contribution is -2.44. The van der Waals surface area contributed by atoms with Crippen molar-refractivity contribution in [2.75, 3.05) is 27.3 Å². The van der Waals surface area contributed by atoms with Crippen molar-refractivity contribution in [2.45, 2.75) is 140 Å². The second-order valence-corrected chi connectivity index (χ2v) is 16.6. The maximum atomic E-state index is 14.1. The monoisotopic (exact) mass is 833 g/mol. The van der Waals surface area contributed by atoms with Crippen molar-refractivity contribution < 1.29 is 28.7 Å². The summed E-state index contributed by atoms with van der Waals surface area (Å²) in [5.41, 5.74) is 3.61. The third-order valence-electron chi connectivity index (χ3n) is 12.3. The van der Waals surface area contributed by atoms with Crippen molar-refractivity contribution in [2.24, 2.45) is 5.10 Å². The molecule has 0 radical (unpaired) electrons. The van der Waals surface area contributed by atoms with Crippen molar-refractivity contribution in [3.8, 4) is 11.1 Å². The number of hydrogen-bond donors (Lipinski definition) is 2. The normalized spacial score (nSPS) is 15.3. The second kappa shape index (κ2) is 24.3. The van der Waals surface area contributed by atoms with Gasteiger partial charge in [-0.2, -0.15) is 5.10 Å². The number of benzene rings is 2. The maximum Gasteiger partial charge on any atom is 0.356 e.